The van der Waals surface area contributed by atoms with Crippen LogP contribution in [0, 0.1) is 17.6 Å². The van der Waals surface area contributed by atoms with Gasteiger partial charge in [-0.15, -0.1) is 0 Å². The summed E-state index contributed by atoms with van der Waals surface area (Å²) in [6, 6.07) is 3.97. The van der Waals surface area contributed by atoms with E-state index in [2.05, 4.69) is 0 Å². The van der Waals surface area contributed by atoms with Crippen LogP contribution in [0.4, 0.5) is 8.78 Å². The highest BCUT2D eigenvalue weighted by Gasteiger charge is 2.03. The minimum atomic E-state index is -0.800. The van der Waals surface area contributed by atoms with Crippen LogP contribution in [0.5, 0.6) is 0 Å². The quantitative estimate of drug-likeness (QED) is 0.670. The molecule has 0 heterocycles. The fourth-order valence-electron chi connectivity index (χ4n) is 1.34. The molecule has 0 bridgehead atoms. The third-order valence-electron chi connectivity index (χ3n) is 1.96. The van der Waals surface area contributed by atoms with Gasteiger partial charge in [0.25, 0.3) is 0 Å². The maximum absolute atomic E-state index is 12.9. The molecular weight excluding hydrogens is 182 g/mol. The molecule has 2 heteroatoms. The van der Waals surface area contributed by atoms with Crippen molar-refractivity contribution >= 4 is 5.57 Å². The number of allylic oxidation sites excluding steroid dienone is 2. The van der Waals surface area contributed by atoms with Crippen molar-refractivity contribution in [2.24, 2.45) is 5.92 Å². The summed E-state index contributed by atoms with van der Waals surface area (Å²) in [5, 5.41) is 0. The number of halogens is 2. The number of benzene rings is 1. The van der Waals surface area contributed by atoms with Gasteiger partial charge in [0.15, 0.2) is 11.6 Å². The predicted molar refractivity (Wildman–Crippen MR) is 54.8 cm³/mol. The molecule has 0 amide bonds. The monoisotopic (exact) mass is 196 g/mol. The Morgan fingerprint density at radius 2 is 1.86 bits per heavy atom. The summed E-state index contributed by atoms with van der Waals surface area (Å²) < 4.78 is 25.5. The Bertz CT molecular complexity index is 351. The molecule has 0 fully saturated rings. The molecule has 0 unspecified atom stereocenters. The summed E-state index contributed by atoms with van der Waals surface area (Å²) in [5.41, 5.74) is 1.71. The molecule has 0 N–H and O–H groups in total. The van der Waals surface area contributed by atoms with Gasteiger partial charge in [0.1, 0.15) is 0 Å². The highest BCUT2D eigenvalue weighted by molar-refractivity contribution is 5.63. The first kappa shape index (κ1) is 10.9. The number of rotatable bonds is 2. The molecule has 0 aliphatic heterocycles. The summed E-state index contributed by atoms with van der Waals surface area (Å²) >= 11 is 0. The average molecular weight is 196 g/mol. The van der Waals surface area contributed by atoms with Gasteiger partial charge in [0, 0.05) is 0 Å². The highest BCUT2D eigenvalue weighted by Crippen LogP contribution is 2.18. The van der Waals surface area contributed by atoms with Crippen LogP contribution in [-0.4, -0.2) is 0 Å². The van der Waals surface area contributed by atoms with Gasteiger partial charge in [-0.1, -0.05) is 26.0 Å². The normalized spacial score (nSPS) is 12.3. The van der Waals surface area contributed by atoms with Crippen LogP contribution in [-0.2, 0) is 0 Å². The Labute approximate surface area is 83.3 Å². The van der Waals surface area contributed by atoms with E-state index in [1.54, 1.807) is 6.07 Å². The molecule has 0 nitrogen and oxygen atoms in total. The standard InChI is InChI=1S/C12H14F2/c1-8(2)6-9(3)10-4-5-11(13)12(14)7-10/h4-8H,1-3H3/b9-6-. The molecule has 1 aromatic rings. The topological polar surface area (TPSA) is 0 Å². The molecule has 0 aliphatic carbocycles. The minimum absolute atomic E-state index is 0.406. The van der Waals surface area contributed by atoms with Crippen molar-refractivity contribution in [3.8, 4) is 0 Å². The maximum atomic E-state index is 12.9. The Balaban J connectivity index is 3.03. The molecule has 0 saturated carbocycles. The van der Waals surface area contributed by atoms with Gasteiger partial charge in [0.2, 0.25) is 0 Å². The van der Waals surface area contributed by atoms with Crippen LogP contribution in [0.2, 0.25) is 0 Å². The van der Waals surface area contributed by atoms with Crippen LogP contribution in [0.3, 0.4) is 0 Å². The Hall–Kier alpha value is -1.18. The minimum Gasteiger partial charge on any atom is -0.204 e. The SMILES string of the molecule is C/C(=C/C(C)C)c1ccc(F)c(F)c1. The van der Waals surface area contributed by atoms with Crippen molar-refractivity contribution in [2.45, 2.75) is 20.8 Å². The van der Waals surface area contributed by atoms with Crippen LogP contribution < -0.4 is 0 Å². The van der Waals surface area contributed by atoms with Crippen molar-refractivity contribution in [1.82, 2.24) is 0 Å². The van der Waals surface area contributed by atoms with Gasteiger partial charge in [0.05, 0.1) is 0 Å². The zero-order valence-electron chi connectivity index (χ0n) is 8.64. The second kappa shape index (κ2) is 4.36. The summed E-state index contributed by atoms with van der Waals surface area (Å²) in [6.07, 6.45) is 2.02. The second-order valence-corrected chi connectivity index (χ2v) is 3.72. The highest BCUT2D eigenvalue weighted by atomic mass is 19.2. The maximum Gasteiger partial charge on any atom is 0.159 e. The lowest BCUT2D eigenvalue weighted by molar-refractivity contribution is 0.508. The van der Waals surface area contributed by atoms with Gasteiger partial charge < -0.3 is 0 Å². The molecule has 0 saturated heterocycles. The van der Waals surface area contributed by atoms with Crippen LogP contribution in [0.25, 0.3) is 5.57 Å². The Kier molecular flexibility index (Phi) is 3.39. The first-order valence-corrected chi connectivity index (χ1v) is 4.64. The summed E-state index contributed by atoms with van der Waals surface area (Å²) in [4.78, 5) is 0. The molecular formula is C12H14F2. The van der Waals surface area contributed by atoms with E-state index < -0.39 is 11.6 Å². The van der Waals surface area contributed by atoms with Gasteiger partial charge in [-0.3, -0.25) is 0 Å². The molecule has 0 spiro atoms. The van der Waals surface area contributed by atoms with Crippen molar-refractivity contribution in [1.29, 1.82) is 0 Å². The molecule has 1 rings (SSSR count). The van der Waals surface area contributed by atoms with Crippen LogP contribution in [0.1, 0.15) is 26.3 Å². The van der Waals surface area contributed by atoms with Crippen molar-refractivity contribution < 1.29 is 8.78 Å². The van der Waals surface area contributed by atoms with E-state index in [4.69, 9.17) is 0 Å². The largest absolute Gasteiger partial charge is 0.204 e. The third kappa shape index (κ3) is 2.66. The van der Waals surface area contributed by atoms with Crippen molar-refractivity contribution in [3.63, 3.8) is 0 Å². The van der Waals surface area contributed by atoms with Crippen LogP contribution >= 0.6 is 0 Å². The van der Waals surface area contributed by atoms with Crippen molar-refractivity contribution in [2.75, 3.05) is 0 Å². The van der Waals surface area contributed by atoms with E-state index in [0.29, 0.717) is 5.92 Å². The first-order chi connectivity index (χ1) is 6.50. The van der Waals surface area contributed by atoms with Gasteiger partial charge in [-0.05, 0) is 36.1 Å². The molecule has 1 aromatic carbocycles. The molecule has 0 aromatic heterocycles. The molecule has 0 aliphatic rings. The van der Waals surface area contributed by atoms with E-state index >= 15 is 0 Å². The second-order valence-electron chi connectivity index (χ2n) is 3.72. The summed E-state index contributed by atoms with van der Waals surface area (Å²) in [5.74, 6) is -1.19. The predicted octanol–water partition coefficient (Wildman–Crippen LogP) is 4.02. The zero-order valence-corrected chi connectivity index (χ0v) is 8.64. The molecule has 76 valence electrons. The van der Waals surface area contributed by atoms with E-state index in [9.17, 15) is 8.78 Å². The van der Waals surface area contributed by atoms with Crippen LogP contribution in [0.15, 0.2) is 24.3 Å². The van der Waals surface area contributed by atoms with Gasteiger partial charge in [-0.25, -0.2) is 8.78 Å². The fraction of sp³-hybridized carbons (Fsp3) is 0.333. The molecule has 0 radical (unpaired) electrons. The Morgan fingerprint density at radius 1 is 1.21 bits per heavy atom. The van der Waals surface area contributed by atoms with Gasteiger partial charge >= 0.3 is 0 Å². The average Bonchev–Trinajstić information content (AvgIpc) is 2.08. The summed E-state index contributed by atoms with van der Waals surface area (Å²) in [7, 11) is 0. The van der Waals surface area contributed by atoms with E-state index in [1.165, 1.54) is 6.07 Å². The van der Waals surface area contributed by atoms with E-state index in [0.717, 1.165) is 17.2 Å². The molecule has 14 heavy (non-hydrogen) atoms. The lowest BCUT2D eigenvalue weighted by Gasteiger charge is -2.04. The Morgan fingerprint density at radius 3 is 2.36 bits per heavy atom. The van der Waals surface area contributed by atoms with Crippen molar-refractivity contribution in [3.05, 3.63) is 41.5 Å². The fourth-order valence-corrected chi connectivity index (χ4v) is 1.34. The zero-order chi connectivity index (χ0) is 10.7. The molecule has 0 atom stereocenters. The summed E-state index contributed by atoms with van der Waals surface area (Å²) in [6.45, 7) is 5.99. The smallest absolute Gasteiger partial charge is 0.159 e. The first-order valence-electron chi connectivity index (χ1n) is 4.64. The van der Waals surface area contributed by atoms with Gasteiger partial charge in [-0.2, -0.15) is 0 Å². The third-order valence-corrected chi connectivity index (χ3v) is 1.96. The lowest BCUT2D eigenvalue weighted by atomic mass is 10.0. The number of hydrogen-bond donors (Lipinski definition) is 0. The lowest BCUT2D eigenvalue weighted by Crippen LogP contribution is -1.89. The van der Waals surface area contributed by atoms with E-state index in [1.807, 2.05) is 26.8 Å². The number of hydrogen-bond acceptors (Lipinski definition) is 0. The van der Waals surface area contributed by atoms with E-state index in [-0.39, 0.29) is 0 Å².